The van der Waals surface area contributed by atoms with Crippen LogP contribution in [0.4, 0.5) is 17.1 Å². The van der Waals surface area contributed by atoms with Crippen LogP contribution in [0.5, 0.6) is 0 Å². The van der Waals surface area contributed by atoms with Crippen LogP contribution in [-0.4, -0.2) is 13.1 Å². The van der Waals surface area contributed by atoms with E-state index < -0.39 is 0 Å². The van der Waals surface area contributed by atoms with Crippen LogP contribution in [0.3, 0.4) is 0 Å². The van der Waals surface area contributed by atoms with Crippen molar-refractivity contribution >= 4 is 49.4 Å². The summed E-state index contributed by atoms with van der Waals surface area (Å²) in [7, 11) is 0. The van der Waals surface area contributed by atoms with E-state index in [9.17, 15) is 0 Å². The quantitative estimate of drug-likeness (QED) is 0.159. The van der Waals surface area contributed by atoms with Crippen LogP contribution in [0.25, 0.3) is 76.8 Å². The number of benzene rings is 9. The molecule has 0 N–H and O–H groups in total. The van der Waals surface area contributed by atoms with Crippen LogP contribution in [-0.2, 0) is 11.8 Å². The smallest absolute Gasteiger partial charge is 0.0443 e. The number of aryl methyl sites for hydroxylation is 1. The number of hydrogen-bond donors (Lipinski definition) is 0. The van der Waals surface area contributed by atoms with E-state index in [1.165, 1.54) is 122 Å². The van der Waals surface area contributed by atoms with Crippen molar-refractivity contribution in [3.8, 4) is 44.5 Å². The van der Waals surface area contributed by atoms with Crippen LogP contribution < -0.4 is 9.80 Å². The van der Waals surface area contributed by atoms with Crippen LogP contribution >= 0.6 is 0 Å². The molecule has 0 amide bonds. The first kappa shape index (κ1) is 38.3. The zero-order chi connectivity index (χ0) is 43.2. The monoisotopic (exact) mass is 836 g/mol. The molecular weight excluding hydrogens is 785 g/mol. The van der Waals surface area contributed by atoms with Gasteiger partial charge in [-0.25, -0.2) is 0 Å². The first-order valence-electron chi connectivity index (χ1n) is 23.9. The van der Waals surface area contributed by atoms with E-state index in [0.717, 1.165) is 51.6 Å². The summed E-state index contributed by atoms with van der Waals surface area (Å²) in [6.45, 7) is 6.86. The van der Waals surface area contributed by atoms with Crippen molar-refractivity contribution < 1.29 is 0 Å². The van der Waals surface area contributed by atoms with Crippen LogP contribution in [0, 0.1) is 0 Å². The summed E-state index contributed by atoms with van der Waals surface area (Å²) in [5.41, 5.74) is 21.4. The van der Waals surface area contributed by atoms with E-state index in [2.05, 4.69) is 206 Å². The topological polar surface area (TPSA) is 6.48 Å². The second-order valence-electron chi connectivity index (χ2n) is 19.3. The molecule has 0 radical (unpaired) electrons. The summed E-state index contributed by atoms with van der Waals surface area (Å²) in [5, 5.41) is 7.69. The fourth-order valence-electron chi connectivity index (χ4n) is 12.2. The Labute approximate surface area is 382 Å². The summed E-state index contributed by atoms with van der Waals surface area (Å²) in [6.07, 6.45) is 11.5. The number of fused-ring (bicyclic) bond motifs is 7. The van der Waals surface area contributed by atoms with Gasteiger partial charge in [0.2, 0.25) is 0 Å². The Morgan fingerprint density at radius 3 is 1.95 bits per heavy atom. The molecule has 9 aromatic carbocycles. The fourth-order valence-corrected chi connectivity index (χ4v) is 12.2. The van der Waals surface area contributed by atoms with E-state index in [1.807, 2.05) is 0 Å². The van der Waals surface area contributed by atoms with Crippen molar-refractivity contribution in [1.82, 2.24) is 0 Å². The van der Waals surface area contributed by atoms with Crippen molar-refractivity contribution in [3.63, 3.8) is 0 Å². The van der Waals surface area contributed by atoms with Crippen LogP contribution in [0.2, 0.25) is 0 Å². The number of rotatable bonds is 5. The SMILES string of the molecule is CC1(C)c2ccccc2-c2ccc(-c3c4cc(N5CCCc6ccccc65)ccc4c(-c4cc5ccccc5cc4-c4ccccc4)c4cc(N5CCCC6=C5CCC=C6)ccc34)cc21. The Kier molecular flexibility index (Phi) is 8.82. The highest BCUT2D eigenvalue weighted by Crippen LogP contribution is 2.53. The molecule has 9 aromatic rings. The third-order valence-electron chi connectivity index (χ3n) is 15.3. The highest BCUT2D eigenvalue weighted by atomic mass is 15.2. The minimum Gasteiger partial charge on any atom is -0.345 e. The number of nitrogens with zero attached hydrogens (tertiary/aromatic N) is 2. The summed E-state index contributed by atoms with van der Waals surface area (Å²) in [5.74, 6) is 0. The van der Waals surface area contributed by atoms with Gasteiger partial charge in [0, 0.05) is 41.3 Å². The standard InChI is InChI=1S/C63H52N2/c1-63(2)57-25-11-10-24-49(57)50-31-28-46(38-58(50)63)61-51-32-29-48(65-35-15-23-43-19-9-13-27-60(43)65)40-56(51)62(54-37-45-21-7-6-20-44(45)36-53(54)41-16-4-3-5-17-41)52-33-30-47(39-55(52)61)64-34-14-22-42-18-8-12-26-59(42)64/h3-12,16-21,24-26,28-33,36-40H,13-15,22-23,27,34-35H2,1-2H3. The van der Waals surface area contributed by atoms with Gasteiger partial charge >= 0.3 is 0 Å². The first-order valence-corrected chi connectivity index (χ1v) is 23.9. The second-order valence-corrected chi connectivity index (χ2v) is 19.3. The highest BCUT2D eigenvalue weighted by Gasteiger charge is 2.36. The molecule has 2 heteroatoms. The lowest BCUT2D eigenvalue weighted by atomic mass is 9.79. The van der Waals surface area contributed by atoms with Gasteiger partial charge in [0.1, 0.15) is 0 Å². The maximum Gasteiger partial charge on any atom is 0.0443 e. The summed E-state index contributed by atoms with van der Waals surface area (Å²) in [6, 6.07) is 65.2. The van der Waals surface area contributed by atoms with Gasteiger partial charge in [-0.1, -0.05) is 147 Å². The Balaban J connectivity index is 1.16. The first-order chi connectivity index (χ1) is 32.0. The third-order valence-corrected chi connectivity index (χ3v) is 15.3. The zero-order valence-electron chi connectivity index (χ0n) is 37.4. The Bertz CT molecular complexity index is 3480. The molecule has 2 aliphatic carbocycles. The van der Waals surface area contributed by atoms with Gasteiger partial charge < -0.3 is 9.80 Å². The molecule has 0 bridgehead atoms. The van der Waals surface area contributed by atoms with Crippen LogP contribution in [0.15, 0.2) is 193 Å². The van der Waals surface area contributed by atoms with E-state index in [-0.39, 0.29) is 5.41 Å². The molecule has 314 valence electrons. The second kappa shape index (κ2) is 15.0. The van der Waals surface area contributed by atoms with Gasteiger partial charge in [-0.05, 0) is 186 Å². The van der Waals surface area contributed by atoms with Gasteiger partial charge in [0.25, 0.3) is 0 Å². The average Bonchev–Trinajstić information content (AvgIpc) is 3.59. The van der Waals surface area contributed by atoms with Crippen molar-refractivity contribution in [3.05, 3.63) is 210 Å². The Hall–Kier alpha value is -7.16. The molecule has 2 aliphatic heterocycles. The molecule has 0 atom stereocenters. The van der Waals surface area contributed by atoms with Gasteiger partial charge in [0.05, 0.1) is 0 Å². The van der Waals surface area contributed by atoms with Crippen molar-refractivity contribution in [2.45, 2.75) is 57.8 Å². The Morgan fingerprint density at radius 1 is 0.446 bits per heavy atom. The summed E-state index contributed by atoms with van der Waals surface area (Å²) >= 11 is 0. The average molecular weight is 837 g/mol. The lowest BCUT2D eigenvalue weighted by Gasteiger charge is -2.35. The molecule has 0 saturated heterocycles. The Morgan fingerprint density at radius 2 is 1.11 bits per heavy atom. The van der Waals surface area contributed by atoms with Gasteiger partial charge in [-0.3, -0.25) is 0 Å². The molecule has 0 unspecified atom stereocenters. The maximum absolute atomic E-state index is 2.65. The predicted molar refractivity (Wildman–Crippen MR) is 277 cm³/mol. The summed E-state index contributed by atoms with van der Waals surface area (Å²) in [4.78, 5) is 5.23. The molecule has 13 rings (SSSR count). The normalized spacial score (nSPS) is 16.2. The van der Waals surface area contributed by atoms with E-state index in [1.54, 1.807) is 0 Å². The molecule has 0 spiro atoms. The fraction of sp³-hybridized carbons (Fsp3) is 0.175. The molecule has 65 heavy (non-hydrogen) atoms. The molecular formula is C63H52N2. The van der Waals surface area contributed by atoms with Gasteiger partial charge in [0.15, 0.2) is 0 Å². The zero-order valence-corrected chi connectivity index (χ0v) is 37.4. The van der Waals surface area contributed by atoms with E-state index >= 15 is 0 Å². The molecule has 2 heterocycles. The van der Waals surface area contributed by atoms with E-state index in [4.69, 9.17) is 0 Å². The van der Waals surface area contributed by atoms with E-state index in [0.29, 0.717) is 0 Å². The number of para-hydroxylation sites is 1. The molecule has 0 aromatic heterocycles. The van der Waals surface area contributed by atoms with Gasteiger partial charge in [-0.15, -0.1) is 0 Å². The lowest BCUT2D eigenvalue weighted by molar-refractivity contribution is 0.660. The summed E-state index contributed by atoms with van der Waals surface area (Å²) < 4.78 is 0. The molecule has 4 aliphatic rings. The molecule has 0 fully saturated rings. The van der Waals surface area contributed by atoms with Crippen molar-refractivity contribution in [2.24, 2.45) is 0 Å². The molecule has 0 saturated carbocycles. The number of allylic oxidation sites excluding steroid dienone is 4. The predicted octanol–water partition coefficient (Wildman–Crippen LogP) is 16.7. The lowest BCUT2D eigenvalue weighted by Crippen LogP contribution is -2.29. The van der Waals surface area contributed by atoms with Crippen molar-refractivity contribution in [2.75, 3.05) is 22.9 Å². The number of anilines is 3. The molecule has 2 nitrogen and oxygen atoms in total. The number of hydrogen-bond acceptors (Lipinski definition) is 2. The van der Waals surface area contributed by atoms with Crippen molar-refractivity contribution in [1.29, 1.82) is 0 Å². The van der Waals surface area contributed by atoms with Crippen LogP contribution in [0.1, 0.15) is 62.6 Å². The largest absolute Gasteiger partial charge is 0.345 e. The maximum atomic E-state index is 2.65. The van der Waals surface area contributed by atoms with Gasteiger partial charge in [-0.2, -0.15) is 0 Å². The minimum absolute atomic E-state index is 0.118. The minimum atomic E-state index is -0.118. The highest BCUT2D eigenvalue weighted by molar-refractivity contribution is 6.24. The third kappa shape index (κ3) is 6.07.